The van der Waals surface area contributed by atoms with Crippen molar-refractivity contribution >= 4 is 29.4 Å². The average Bonchev–Trinajstić information content (AvgIpc) is 3.39. The van der Waals surface area contributed by atoms with Gasteiger partial charge in [0.1, 0.15) is 5.82 Å². The molecule has 3 aromatic rings. The van der Waals surface area contributed by atoms with Gasteiger partial charge in [-0.1, -0.05) is 18.2 Å². The first-order valence-corrected chi connectivity index (χ1v) is 11.2. The number of benzene rings is 2. The van der Waals surface area contributed by atoms with Crippen LogP contribution in [0.4, 0.5) is 10.3 Å². The van der Waals surface area contributed by atoms with Crippen molar-refractivity contribution < 1.29 is 28.7 Å². The van der Waals surface area contributed by atoms with Crippen LogP contribution >= 0.6 is 0 Å². The van der Waals surface area contributed by atoms with Crippen molar-refractivity contribution in [2.45, 2.75) is 0 Å². The van der Waals surface area contributed by atoms with E-state index in [1.54, 1.807) is 35.2 Å². The minimum absolute atomic E-state index is 0.128. The number of hydrogen-bond acceptors (Lipinski definition) is 8. The first kappa shape index (κ1) is 23.2. The van der Waals surface area contributed by atoms with Crippen LogP contribution in [0.15, 0.2) is 54.9 Å². The van der Waals surface area contributed by atoms with Crippen molar-refractivity contribution in [3.05, 3.63) is 77.4 Å². The summed E-state index contributed by atoms with van der Waals surface area (Å²) in [7, 11) is 0. The number of hydroxylamine groups is 1. The Balaban J connectivity index is 1.35. The smallest absolute Gasteiger partial charge is 0.277 e. The van der Waals surface area contributed by atoms with E-state index >= 15 is 0 Å². The van der Waals surface area contributed by atoms with Gasteiger partial charge in [0.25, 0.3) is 11.8 Å². The molecule has 1 aromatic heterocycles. The number of nitrogens with zero attached hydrogens (tertiary/aromatic N) is 4. The van der Waals surface area contributed by atoms with Gasteiger partial charge >= 0.3 is 0 Å². The van der Waals surface area contributed by atoms with Crippen molar-refractivity contribution in [3.63, 3.8) is 0 Å². The molecule has 10 nitrogen and oxygen atoms in total. The summed E-state index contributed by atoms with van der Waals surface area (Å²) in [6.45, 7) is 1.88. The molecule has 0 aliphatic carbocycles. The van der Waals surface area contributed by atoms with Crippen LogP contribution in [0.2, 0.25) is 0 Å². The van der Waals surface area contributed by atoms with E-state index < -0.39 is 11.7 Å². The van der Waals surface area contributed by atoms with Crippen molar-refractivity contribution in [1.29, 1.82) is 0 Å². The number of ether oxygens (including phenoxy) is 2. The Morgan fingerprint density at radius 3 is 2.44 bits per heavy atom. The maximum Gasteiger partial charge on any atom is 0.277 e. The highest BCUT2D eigenvalue weighted by molar-refractivity contribution is 6.24. The topological polar surface area (TPSA) is 117 Å². The summed E-state index contributed by atoms with van der Waals surface area (Å²) < 4.78 is 24.8. The fourth-order valence-electron chi connectivity index (χ4n) is 4.04. The molecular weight excluding hydrogens is 469 g/mol. The third kappa shape index (κ3) is 4.82. The van der Waals surface area contributed by atoms with Crippen LogP contribution in [-0.4, -0.2) is 64.9 Å². The summed E-state index contributed by atoms with van der Waals surface area (Å²) in [5, 5.41) is 8.72. The number of carbonyl (C=O) groups is 2. The van der Waals surface area contributed by atoms with Gasteiger partial charge < -0.3 is 19.3 Å². The van der Waals surface area contributed by atoms with E-state index in [1.165, 1.54) is 30.0 Å². The molecule has 2 amide bonds. The number of carbonyl (C=O) groups excluding carboxylic acids is 2. The molecule has 36 heavy (non-hydrogen) atoms. The van der Waals surface area contributed by atoms with Gasteiger partial charge in [0, 0.05) is 44.1 Å². The normalized spacial score (nSPS) is 15.1. The summed E-state index contributed by atoms with van der Waals surface area (Å²) in [4.78, 5) is 37.0. The second-order valence-electron chi connectivity index (χ2n) is 8.17. The predicted molar refractivity (Wildman–Crippen MR) is 127 cm³/mol. The van der Waals surface area contributed by atoms with E-state index in [-0.39, 0.29) is 18.3 Å². The zero-order valence-electron chi connectivity index (χ0n) is 19.1. The Morgan fingerprint density at radius 2 is 1.72 bits per heavy atom. The van der Waals surface area contributed by atoms with Crippen LogP contribution < -0.4 is 19.9 Å². The van der Waals surface area contributed by atoms with E-state index in [9.17, 15) is 14.0 Å². The molecule has 2 aromatic carbocycles. The number of amides is 2. The van der Waals surface area contributed by atoms with Crippen LogP contribution in [0, 0.1) is 5.82 Å². The maximum atomic E-state index is 14.0. The first-order valence-electron chi connectivity index (χ1n) is 11.2. The minimum Gasteiger partial charge on any atom is -0.454 e. The molecular formula is C25H22FN5O5. The van der Waals surface area contributed by atoms with Gasteiger partial charge in [-0.15, -0.1) is 0 Å². The Kier molecular flexibility index (Phi) is 6.46. The van der Waals surface area contributed by atoms with Gasteiger partial charge in [0.15, 0.2) is 11.5 Å². The van der Waals surface area contributed by atoms with Crippen LogP contribution in [-0.2, 0) is 4.79 Å². The van der Waals surface area contributed by atoms with E-state index in [0.29, 0.717) is 54.8 Å². The fourth-order valence-corrected chi connectivity index (χ4v) is 4.04. The van der Waals surface area contributed by atoms with E-state index in [1.807, 2.05) is 11.0 Å². The molecule has 0 unspecified atom stereocenters. The predicted octanol–water partition coefficient (Wildman–Crippen LogP) is 2.35. The average molecular weight is 491 g/mol. The molecule has 1 saturated heterocycles. The van der Waals surface area contributed by atoms with E-state index in [4.69, 9.17) is 14.7 Å². The zero-order chi connectivity index (χ0) is 25.1. The summed E-state index contributed by atoms with van der Waals surface area (Å²) >= 11 is 0. The molecule has 0 spiro atoms. The van der Waals surface area contributed by atoms with Crippen molar-refractivity contribution in [2.75, 3.05) is 37.9 Å². The highest BCUT2D eigenvalue weighted by Crippen LogP contribution is 2.34. The molecule has 184 valence electrons. The van der Waals surface area contributed by atoms with Gasteiger partial charge in [-0.3, -0.25) is 14.8 Å². The molecule has 5 rings (SSSR count). The number of fused-ring (bicyclic) bond motifs is 1. The van der Waals surface area contributed by atoms with Crippen LogP contribution in [0.3, 0.4) is 0 Å². The monoisotopic (exact) mass is 491 g/mol. The summed E-state index contributed by atoms with van der Waals surface area (Å²) in [5.74, 6) is 0.278. The van der Waals surface area contributed by atoms with Crippen LogP contribution in [0.1, 0.15) is 21.5 Å². The Bertz CT molecular complexity index is 1320. The lowest BCUT2D eigenvalue weighted by Crippen LogP contribution is -2.49. The standard InChI is InChI=1S/C25H22FN5O5/c26-19-3-1-2-17(12-19)20(10-16-4-5-21-22(11-16)36-15-35-21)24(33)30-6-8-31(9-7-30)25-27-13-18(14-28-25)23(32)29-34/h1-5,10-14,34H,6-9,15H2,(H,29,32)/b20-10+. The summed E-state index contributed by atoms with van der Waals surface area (Å²) in [6.07, 6.45) is 4.36. The number of aromatic nitrogens is 2. The lowest BCUT2D eigenvalue weighted by Gasteiger charge is -2.35. The quantitative estimate of drug-likeness (QED) is 0.242. The van der Waals surface area contributed by atoms with Gasteiger partial charge in [0.05, 0.1) is 5.56 Å². The van der Waals surface area contributed by atoms with Crippen molar-refractivity contribution in [3.8, 4) is 11.5 Å². The van der Waals surface area contributed by atoms with Gasteiger partial charge in [-0.05, 0) is 41.5 Å². The largest absolute Gasteiger partial charge is 0.454 e. The van der Waals surface area contributed by atoms with Gasteiger partial charge in [-0.2, -0.15) is 0 Å². The second-order valence-corrected chi connectivity index (χ2v) is 8.17. The molecule has 2 aliphatic heterocycles. The van der Waals surface area contributed by atoms with Crippen molar-refractivity contribution in [2.24, 2.45) is 0 Å². The molecule has 11 heteroatoms. The molecule has 0 radical (unpaired) electrons. The lowest BCUT2D eigenvalue weighted by atomic mass is 10.0. The number of rotatable bonds is 5. The maximum absolute atomic E-state index is 14.0. The number of nitrogens with one attached hydrogen (secondary N) is 1. The molecule has 3 heterocycles. The number of halogens is 1. The lowest BCUT2D eigenvalue weighted by molar-refractivity contribution is -0.125. The number of anilines is 1. The Morgan fingerprint density at radius 1 is 0.972 bits per heavy atom. The molecule has 0 bridgehead atoms. The molecule has 0 saturated carbocycles. The molecule has 2 aliphatic rings. The third-order valence-electron chi connectivity index (χ3n) is 5.93. The number of hydrogen-bond donors (Lipinski definition) is 2. The Hall–Kier alpha value is -4.51. The fraction of sp³-hybridized carbons (Fsp3) is 0.200. The van der Waals surface area contributed by atoms with E-state index in [0.717, 1.165) is 5.56 Å². The molecule has 2 N–H and O–H groups in total. The second kappa shape index (κ2) is 10.0. The molecule has 1 fully saturated rings. The van der Waals surface area contributed by atoms with Crippen molar-refractivity contribution in [1.82, 2.24) is 20.3 Å². The summed E-state index contributed by atoms with van der Waals surface area (Å²) in [6, 6.07) is 11.3. The van der Waals surface area contributed by atoms with E-state index in [2.05, 4.69) is 9.97 Å². The minimum atomic E-state index is -0.698. The zero-order valence-corrected chi connectivity index (χ0v) is 19.1. The summed E-state index contributed by atoms with van der Waals surface area (Å²) in [5.41, 5.74) is 3.22. The van der Waals surface area contributed by atoms with Gasteiger partial charge in [-0.25, -0.2) is 19.8 Å². The highest BCUT2D eigenvalue weighted by Gasteiger charge is 2.26. The first-order chi connectivity index (χ1) is 17.5. The SMILES string of the molecule is O=C(NO)c1cnc(N2CCN(C(=O)/C(=C/c3ccc4c(c3)OCO4)c3cccc(F)c3)CC2)nc1. The number of piperazine rings is 1. The molecule has 0 atom stereocenters. The highest BCUT2D eigenvalue weighted by atomic mass is 19.1. The third-order valence-corrected chi connectivity index (χ3v) is 5.93. The van der Waals surface area contributed by atoms with Crippen LogP contribution in [0.25, 0.3) is 11.6 Å². The Labute approximate surface area is 205 Å². The van der Waals surface area contributed by atoms with Gasteiger partial charge in [0.2, 0.25) is 12.7 Å². The van der Waals surface area contributed by atoms with Crippen LogP contribution in [0.5, 0.6) is 11.5 Å².